The number of nitrogens with zero attached hydrogens (tertiary/aromatic N) is 1. The van der Waals surface area contributed by atoms with Crippen LogP contribution in [0, 0.1) is 11.8 Å². The van der Waals surface area contributed by atoms with Crippen molar-refractivity contribution >= 4 is 5.91 Å². The molecule has 100 valence electrons. The smallest absolute Gasteiger partial charge is 0.244 e. The van der Waals surface area contributed by atoms with E-state index in [9.17, 15) is 4.79 Å². The Morgan fingerprint density at radius 3 is 2.00 bits per heavy atom. The molecule has 2 N–H and O–H groups in total. The van der Waals surface area contributed by atoms with Crippen LogP contribution in [0.2, 0.25) is 0 Å². The molecule has 0 unspecified atom stereocenters. The molecule has 0 aliphatic heterocycles. The molecule has 0 aliphatic rings. The molecule has 0 saturated carbocycles. The van der Waals surface area contributed by atoms with Crippen LogP contribution in [0.4, 0.5) is 0 Å². The molecule has 0 fully saturated rings. The van der Waals surface area contributed by atoms with Gasteiger partial charge in [-0.05, 0) is 31.2 Å². The molecule has 0 aliphatic carbocycles. The number of carbonyl (C=O) groups excluding carboxylic acids is 1. The summed E-state index contributed by atoms with van der Waals surface area (Å²) < 4.78 is 0. The lowest BCUT2D eigenvalue weighted by molar-refractivity contribution is -0.114. The monoisotopic (exact) mass is 240 g/mol. The summed E-state index contributed by atoms with van der Waals surface area (Å²) >= 11 is 0. The highest BCUT2D eigenvalue weighted by atomic mass is 16.1. The molecule has 0 aromatic carbocycles. The van der Waals surface area contributed by atoms with Gasteiger partial charge in [-0.15, -0.1) is 0 Å². The largest absolute Gasteiger partial charge is 0.366 e. The fraction of sp³-hybridized carbons (Fsp3) is 0.786. The van der Waals surface area contributed by atoms with Crippen molar-refractivity contribution in [3.05, 3.63) is 12.2 Å². The maximum atomic E-state index is 10.8. The summed E-state index contributed by atoms with van der Waals surface area (Å²) in [6.07, 6.45) is 1.67. The Labute approximate surface area is 106 Å². The third-order valence-electron chi connectivity index (χ3n) is 2.55. The van der Waals surface area contributed by atoms with E-state index in [1.54, 1.807) is 0 Å². The summed E-state index contributed by atoms with van der Waals surface area (Å²) in [5.74, 6) is 0.977. The predicted molar refractivity (Wildman–Crippen MR) is 73.7 cm³/mol. The Morgan fingerprint density at radius 1 is 1.18 bits per heavy atom. The number of hydrogen-bond donors (Lipinski definition) is 1. The summed E-state index contributed by atoms with van der Waals surface area (Å²) in [6.45, 7) is 15.8. The highest BCUT2D eigenvalue weighted by molar-refractivity contribution is 5.91. The lowest BCUT2D eigenvalue weighted by atomic mass is 10.1. The molecule has 0 aromatic heterocycles. The van der Waals surface area contributed by atoms with E-state index in [-0.39, 0.29) is 5.91 Å². The molecule has 0 saturated heterocycles. The average Bonchev–Trinajstić information content (AvgIpc) is 2.14. The van der Waals surface area contributed by atoms with Gasteiger partial charge in [-0.2, -0.15) is 0 Å². The fourth-order valence-electron chi connectivity index (χ4n) is 1.93. The Kier molecular flexibility index (Phi) is 7.88. The lowest BCUT2D eigenvalue weighted by Crippen LogP contribution is -2.32. The molecular weight excluding hydrogens is 212 g/mol. The minimum atomic E-state index is -0.371. The maximum absolute atomic E-state index is 10.8. The summed E-state index contributed by atoms with van der Waals surface area (Å²) in [4.78, 5) is 13.3. The van der Waals surface area contributed by atoms with Gasteiger partial charge in [0.25, 0.3) is 0 Å². The van der Waals surface area contributed by atoms with Crippen molar-refractivity contribution < 1.29 is 4.79 Å². The van der Waals surface area contributed by atoms with Crippen molar-refractivity contribution in [3.63, 3.8) is 0 Å². The van der Waals surface area contributed by atoms with Crippen LogP contribution in [0.5, 0.6) is 0 Å². The van der Waals surface area contributed by atoms with Gasteiger partial charge in [0.2, 0.25) is 5.91 Å². The molecule has 0 bridgehead atoms. The van der Waals surface area contributed by atoms with Crippen LogP contribution in [-0.4, -0.2) is 30.4 Å². The lowest BCUT2D eigenvalue weighted by Gasteiger charge is -2.26. The third-order valence-corrected chi connectivity index (χ3v) is 2.55. The molecule has 3 nitrogen and oxygen atoms in total. The highest BCUT2D eigenvalue weighted by Gasteiger charge is 2.10. The standard InChI is InChI=1S/C14H28N2O/c1-11(2)9-16(10-12(3)4)8-6-7-13(5)14(15)17/h11-12H,5-10H2,1-4H3,(H2,15,17). The van der Waals surface area contributed by atoms with E-state index in [0.717, 1.165) is 26.1 Å². The van der Waals surface area contributed by atoms with E-state index in [2.05, 4.69) is 39.2 Å². The van der Waals surface area contributed by atoms with Gasteiger partial charge < -0.3 is 10.6 Å². The first-order valence-corrected chi connectivity index (χ1v) is 6.52. The van der Waals surface area contributed by atoms with E-state index in [0.29, 0.717) is 23.8 Å². The summed E-state index contributed by atoms with van der Waals surface area (Å²) in [6, 6.07) is 0. The number of primary amides is 1. The fourth-order valence-corrected chi connectivity index (χ4v) is 1.93. The average molecular weight is 240 g/mol. The second-order valence-corrected chi connectivity index (χ2v) is 5.62. The van der Waals surface area contributed by atoms with E-state index in [4.69, 9.17) is 5.73 Å². The van der Waals surface area contributed by atoms with Crippen molar-refractivity contribution in [1.29, 1.82) is 0 Å². The molecule has 0 radical (unpaired) electrons. The first-order valence-electron chi connectivity index (χ1n) is 6.52. The second-order valence-electron chi connectivity index (χ2n) is 5.62. The van der Waals surface area contributed by atoms with Crippen LogP contribution >= 0.6 is 0 Å². The third kappa shape index (κ3) is 8.93. The highest BCUT2D eigenvalue weighted by Crippen LogP contribution is 2.08. The van der Waals surface area contributed by atoms with Gasteiger partial charge in [-0.1, -0.05) is 34.3 Å². The Morgan fingerprint density at radius 2 is 1.65 bits per heavy atom. The van der Waals surface area contributed by atoms with Gasteiger partial charge in [0.1, 0.15) is 0 Å². The number of hydrogen-bond acceptors (Lipinski definition) is 2. The number of carbonyl (C=O) groups is 1. The van der Waals surface area contributed by atoms with Gasteiger partial charge in [-0.3, -0.25) is 4.79 Å². The molecule has 3 heteroatoms. The van der Waals surface area contributed by atoms with Crippen molar-refractivity contribution in [2.75, 3.05) is 19.6 Å². The molecule has 0 aromatic rings. The van der Waals surface area contributed by atoms with Gasteiger partial charge >= 0.3 is 0 Å². The molecular formula is C14H28N2O. The predicted octanol–water partition coefficient (Wildman–Crippen LogP) is 2.42. The first-order chi connectivity index (χ1) is 7.82. The summed E-state index contributed by atoms with van der Waals surface area (Å²) in [7, 11) is 0. The van der Waals surface area contributed by atoms with Crippen LogP contribution in [0.1, 0.15) is 40.5 Å². The maximum Gasteiger partial charge on any atom is 0.244 e. The molecule has 17 heavy (non-hydrogen) atoms. The second kappa shape index (κ2) is 8.29. The molecule has 0 rings (SSSR count). The molecule has 0 heterocycles. The Bertz CT molecular complexity index is 237. The molecule has 1 amide bonds. The van der Waals surface area contributed by atoms with E-state index >= 15 is 0 Å². The molecule has 0 spiro atoms. The van der Waals surface area contributed by atoms with Crippen LogP contribution in [0.25, 0.3) is 0 Å². The number of nitrogens with two attached hydrogens (primary N) is 1. The van der Waals surface area contributed by atoms with Crippen molar-refractivity contribution in [3.8, 4) is 0 Å². The SMILES string of the molecule is C=C(CCCN(CC(C)C)CC(C)C)C(N)=O. The zero-order valence-corrected chi connectivity index (χ0v) is 11.8. The van der Waals surface area contributed by atoms with Crippen molar-refractivity contribution in [2.24, 2.45) is 17.6 Å². The van der Waals surface area contributed by atoms with E-state index in [1.165, 1.54) is 0 Å². The zero-order chi connectivity index (χ0) is 13.4. The van der Waals surface area contributed by atoms with E-state index in [1.807, 2.05) is 0 Å². The van der Waals surface area contributed by atoms with Crippen molar-refractivity contribution in [2.45, 2.75) is 40.5 Å². The van der Waals surface area contributed by atoms with E-state index < -0.39 is 0 Å². The minimum absolute atomic E-state index is 0.371. The normalized spacial score (nSPS) is 11.5. The van der Waals surface area contributed by atoms with Gasteiger partial charge in [0.15, 0.2) is 0 Å². The van der Waals surface area contributed by atoms with Crippen LogP contribution < -0.4 is 5.73 Å². The number of amides is 1. The van der Waals surface area contributed by atoms with Gasteiger partial charge in [0, 0.05) is 18.7 Å². The summed E-state index contributed by atoms with van der Waals surface area (Å²) in [5.41, 5.74) is 5.70. The van der Waals surface area contributed by atoms with Gasteiger partial charge in [0.05, 0.1) is 0 Å². The Balaban J connectivity index is 3.98. The summed E-state index contributed by atoms with van der Waals surface area (Å²) in [5, 5.41) is 0. The topological polar surface area (TPSA) is 46.3 Å². The quantitative estimate of drug-likeness (QED) is 0.629. The van der Waals surface area contributed by atoms with Crippen LogP contribution in [0.3, 0.4) is 0 Å². The molecule has 0 atom stereocenters. The number of rotatable bonds is 9. The van der Waals surface area contributed by atoms with Crippen LogP contribution in [-0.2, 0) is 4.79 Å². The minimum Gasteiger partial charge on any atom is -0.366 e. The Hall–Kier alpha value is -0.830. The first kappa shape index (κ1) is 16.2. The van der Waals surface area contributed by atoms with Crippen LogP contribution in [0.15, 0.2) is 12.2 Å². The van der Waals surface area contributed by atoms with Gasteiger partial charge in [-0.25, -0.2) is 0 Å². The zero-order valence-electron chi connectivity index (χ0n) is 11.8. The van der Waals surface area contributed by atoms with Crippen molar-refractivity contribution in [1.82, 2.24) is 4.90 Å².